The molecule has 1 amide bonds. The molecule has 1 aliphatic rings. The number of nitrogens with zero attached hydrogens (tertiary/aromatic N) is 1. The molecule has 1 saturated carbocycles. The van der Waals surface area contributed by atoms with Gasteiger partial charge in [0.05, 0.1) is 12.2 Å². The minimum atomic E-state index is 0.0808. The summed E-state index contributed by atoms with van der Waals surface area (Å²) in [6.45, 7) is 8.59. The Morgan fingerprint density at radius 3 is 2.74 bits per heavy atom. The van der Waals surface area contributed by atoms with Crippen LogP contribution in [0.25, 0.3) is 0 Å². The van der Waals surface area contributed by atoms with E-state index in [1.165, 1.54) is 25.7 Å². The number of para-hydroxylation sites is 1. The van der Waals surface area contributed by atoms with E-state index in [0.29, 0.717) is 18.6 Å². The molecule has 0 spiro atoms. The number of hydrogen-bond acceptors (Lipinski definition) is 3. The number of carbonyl (C=O) groups is 1. The fourth-order valence-corrected chi connectivity index (χ4v) is 3.92. The number of nitrogens with one attached hydrogen (secondary N) is 1. The molecular weight excluding hydrogens is 304 g/mol. The monoisotopic (exact) mass is 332 g/mol. The molecule has 0 aromatic heterocycles. The van der Waals surface area contributed by atoms with Crippen LogP contribution in [0.5, 0.6) is 0 Å². The van der Waals surface area contributed by atoms with E-state index >= 15 is 0 Å². The first-order valence-corrected chi connectivity index (χ1v) is 9.48. The molecule has 23 heavy (non-hydrogen) atoms. The molecule has 0 saturated heterocycles. The topological polar surface area (TPSA) is 32.3 Å². The first-order chi connectivity index (χ1) is 11.1. The molecule has 126 valence electrons. The largest absolute Gasteiger partial charge is 0.324 e. The van der Waals surface area contributed by atoms with Crippen molar-refractivity contribution in [2.24, 2.45) is 0 Å². The van der Waals surface area contributed by atoms with E-state index < -0.39 is 0 Å². The Hall–Kier alpha value is -1.26. The average molecular weight is 333 g/mol. The highest BCUT2D eigenvalue weighted by atomic mass is 32.2. The molecule has 1 aliphatic carbocycles. The van der Waals surface area contributed by atoms with Crippen molar-refractivity contribution in [2.45, 2.75) is 56.5 Å². The SMILES string of the molecule is C=CCSc1ccccc1NC(=O)CN(C(C)C)C1CCCC1. The smallest absolute Gasteiger partial charge is 0.238 e. The molecule has 0 bridgehead atoms. The van der Waals surface area contributed by atoms with Gasteiger partial charge in [0.1, 0.15) is 0 Å². The van der Waals surface area contributed by atoms with Gasteiger partial charge < -0.3 is 5.32 Å². The molecule has 0 atom stereocenters. The van der Waals surface area contributed by atoms with Gasteiger partial charge in [-0.05, 0) is 38.8 Å². The quantitative estimate of drug-likeness (QED) is 0.559. The number of amides is 1. The van der Waals surface area contributed by atoms with Gasteiger partial charge in [-0.25, -0.2) is 0 Å². The highest BCUT2D eigenvalue weighted by Gasteiger charge is 2.26. The highest BCUT2D eigenvalue weighted by molar-refractivity contribution is 7.99. The number of anilines is 1. The van der Waals surface area contributed by atoms with Crippen molar-refractivity contribution in [3.63, 3.8) is 0 Å². The van der Waals surface area contributed by atoms with Crippen LogP contribution < -0.4 is 5.32 Å². The summed E-state index contributed by atoms with van der Waals surface area (Å²) in [5.74, 6) is 0.921. The third-order valence-corrected chi connectivity index (χ3v) is 5.37. The average Bonchev–Trinajstić information content (AvgIpc) is 3.05. The summed E-state index contributed by atoms with van der Waals surface area (Å²) in [5.41, 5.74) is 0.902. The summed E-state index contributed by atoms with van der Waals surface area (Å²) in [5, 5.41) is 3.09. The molecule has 1 aromatic rings. The van der Waals surface area contributed by atoms with E-state index in [1.54, 1.807) is 11.8 Å². The Bertz CT molecular complexity index is 524. The van der Waals surface area contributed by atoms with Crippen LogP contribution in [0.1, 0.15) is 39.5 Å². The molecule has 1 aromatic carbocycles. The van der Waals surface area contributed by atoms with Gasteiger partial charge in [-0.1, -0.05) is 31.1 Å². The Morgan fingerprint density at radius 2 is 2.09 bits per heavy atom. The predicted octanol–water partition coefficient (Wildman–Crippen LogP) is 4.56. The maximum atomic E-state index is 12.5. The van der Waals surface area contributed by atoms with Gasteiger partial charge in [0.25, 0.3) is 0 Å². The van der Waals surface area contributed by atoms with Crippen molar-refractivity contribution in [1.82, 2.24) is 4.90 Å². The van der Waals surface area contributed by atoms with Crippen LogP contribution in [0.3, 0.4) is 0 Å². The Kier molecular flexibility index (Phi) is 7.18. The third-order valence-electron chi connectivity index (χ3n) is 4.30. The van der Waals surface area contributed by atoms with Gasteiger partial charge in [0, 0.05) is 22.7 Å². The van der Waals surface area contributed by atoms with Crippen LogP contribution in [-0.2, 0) is 4.79 Å². The van der Waals surface area contributed by atoms with Crippen LogP contribution in [-0.4, -0.2) is 35.2 Å². The van der Waals surface area contributed by atoms with Gasteiger partial charge in [-0.3, -0.25) is 9.69 Å². The number of carbonyl (C=O) groups excluding carboxylic acids is 1. The van der Waals surface area contributed by atoms with Crippen LogP contribution in [0.2, 0.25) is 0 Å². The van der Waals surface area contributed by atoms with Gasteiger partial charge in [-0.2, -0.15) is 0 Å². The van der Waals surface area contributed by atoms with Crippen molar-refractivity contribution in [2.75, 3.05) is 17.6 Å². The second-order valence-corrected chi connectivity index (χ2v) is 7.41. The molecule has 4 heteroatoms. The summed E-state index contributed by atoms with van der Waals surface area (Å²) in [7, 11) is 0. The lowest BCUT2D eigenvalue weighted by Gasteiger charge is -2.31. The van der Waals surface area contributed by atoms with Gasteiger partial charge >= 0.3 is 0 Å². The molecule has 0 radical (unpaired) electrons. The number of thioether (sulfide) groups is 1. The number of benzene rings is 1. The molecule has 3 nitrogen and oxygen atoms in total. The second-order valence-electron chi connectivity index (χ2n) is 6.35. The van der Waals surface area contributed by atoms with Crippen LogP contribution in [0.15, 0.2) is 41.8 Å². The highest BCUT2D eigenvalue weighted by Crippen LogP contribution is 2.28. The van der Waals surface area contributed by atoms with E-state index in [2.05, 4.69) is 30.6 Å². The zero-order chi connectivity index (χ0) is 16.7. The predicted molar refractivity (Wildman–Crippen MR) is 100 cm³/mol. The van der Waals surface area contributed by atoms with Crippen molar-refractivity contribution < 1.29 is 4.79 Å². The molecule has 0 aliphatic heterocycles. The Morgan fingerprint density at radius 1 is 1.39 bits per heavy atom. The fourth-order valence-electron chi connectivity index (χ4n) is 3.17. The lowest BCUT2D eigenvalue weighted by Crippen LogP contribution is -2.43. The van der Waals surface area contributed by atoms with E-state index in [9.17, 15) is 4.79 Å². The summed E-state index contributed by atoms with van der Waals surface area (Å²) < 4.78 is 0. The fraction of sp³-hybridized carbons (Fsp3) is 0.526. The maximum absolute atomic E-state index is 12.5. The van der Waals surface area contributed by atoms with Crippen molar-refractivity contribution in [1.29, 1.82) is 0 Å². The normalized spacial score (nSPS) is 15.3. The van der Waals surface area contributed by atoms with Gasteiger partial charge in [0.15, 0.2) is 0 Å². The van der Waals surface area contributed by atoms with Gasteiger partial charge in [0.2, 0.25) is 5.91 Å². The summed E-state index contributed by atoms with van der Waals surface area (Å²) >= 11 is 1.69. The van der Waals surface area contributed by atoms with Gasteiger partial charge in [-0.15, -0.1) is 18.3 Å². The zero-order valence-electron chi connectivity index (χ0n) is 14.3. The number of hydrogen-bond donors (Lipinski definition) is 1. The molecule has 1 N–H and O–H groups in total. The minimum absolute atomic E-state index is 0.0808. The van der Waals surface area contributed by atoms with E-state index in [1.807, 2.05) is 30.3 Å². The second kappa shape index (κ2) is 9.14. The molecule has 2 rings (SSSR count). The van der Waals surface area contributed by atoms with E-state index in [4.69, 9.17) is 0 Å². The van der Waals surface area contributed by atoms with Crippen LogP contribution in [0, 0.1) is 0 Å². The lowest BCUT2D eigenvalue weighted by atomic mass is 10.1. The Labute approximate surface area is 144 Å². The first-order valence-electron chi connectivity index (χ1n) is 8.50. The lowest BCUT2D eigenvalue weighted by molar-refractivity contribution is -0.118. The van der Waals surface area contributed by atoms with Crippen LogP contribution >= 0.6 is 11.8 Å². The van der Waals surface area contributed by atoms with E-state index in [-0.39, 0.29) is 5.91 Å². The van der Waals surface area contributed by atoms with Crippen molar-refractivity contribution in [3.8, 4) is 0 Å². The third kappa shape index (κ3) is 5.40. The molecule has 0 unspecified atom stereocenters. The summed E-state index contributed by atoms with van der Waals surface area (Å²) in [4.78, 5) is 16.0. The van der Waals surface area contributed by atoms with Crippen LogP contribution in [0.4, 0.5) is 5.69 Å². The Balaban J connectivity index is 1.99. The molecular formula is C19H28N2OS. The van der Waals surface area contributed by atoms with Crippen molar-refractivity contribution in [3.05, 3.63) is 36.9 Å². The standard InChI is InChI=1S/C19H28N2OS/c1-4-13-23-18-12-8-7-11-17(18)20-19(22)14-21(15(2)3)16-9-5-6-10-16/h4,7-8,11-12,15-16H,1,5-6,9-10,13-14H2,2-3H3,(H,20,22). The minimum Gasteiger partial charge on any atom is -0.324 e. The van der Waals surface area contributed by atoms with Crippen molar-refractivity contribution >= 4 is 23.4 Å². The summed E-state index contributed by atoms with van der Waals surface area (Å²) in [6.07, 6.45) is 6.89. The first kappa shape index (κ1) is 18.1. The zero-order valence-corrected chi connectivity index (χ0v) is 15.1. The summed E-state index contributed by atoms with van der Waals surface area (Å²) in [6, 6.07) is 8.94. The molecule has 0 heterocycles. The molecule has 1 fully saturated rings. The maximum Gasteiger partial charge on any atom is 0.238 e. The van der Waals surface area contributed by atoms with E-state index in [0.717, 1.165) is 16.3 Å². The number of rotatable bonds is 8.